The van der Waals surface area contributed by atoms with Crippen molar-refractivity contribution in [3.63, 3.8) is 0 Å². The predicted octanol–water partition coefficient (Wildman–Crippen LogP) is 4.85. The molecule has 1 saturated carbocycles. The number of aliphatic hydroxyl groups excluding tert-OH is 4. The van der Waals surface area contributed by atoms with Crippen LogP contribution in [-0.4, -0.2) is 116 Å². The first kappa shape index (κ1) is 53.6. The number of carbonyl (C=O) groups is 3. The smallest absolute Gasteiger partial charge is 0.462 e. The van der Waals surface area contributed by atoms with Gasteiger partial charge in [0.15, 0.2) is 6.10 Å². The summed E-state index contributed by atoms with van der Waals surface area (Å²) in [5.41, 5.74) is 0.834. The lowest BCUT2D eigenvalue weighted by Crippen LogP contribution is -2.64. The molecular weight excluding hydrogens is 832 g/mol. The normalized spacial score (nSPS) is 22.1. The molecular formula is C39H67NO18P2. The van der Waals surface area contributed by atoms with E-state index >= 15 is 0 Å². The fourth-order valence-corrected chi connectivity index (χ4v) is 7.93. The van der Waals surface area contributed by atoms with E-state index in [4.69, 9.17) is 33.0 Å². The van der Waals surface area contributed by atoms with Crippen molar-refractivity contribution in [1.29, 1.82) is 0 Å². The van der Waals surface area contributed by atoms with Gasteiger partial charge >= 0.3 is 33.7 Å². The number of esters is 2. The number of benzene rings is 1. The molecule has 8 N–H and O–H groups in total. The van der Waals surface area contributed by atoms with Gasteiger partial charge in [-0.3, -0.25) is 23.2 Å². The zero-order valence-corrected chi connectivity index (χ0v) is 36.3. The van der Waals surface area contributed by atoms with Gasteiger partial charge in [-0.2, -0.15) is 0 Å². The summed E-state index contributed by atoms with van der Waals surface area (Å²) in [5.74, 6) is -1.37. The van der Waals surface area contributed by atoms with Gasteiger partial charge in [-0.05, 0) is 24.8 Å². The molecule has 0 radical (unpaired) electrons. The van der Waals surface area contributed by atoms with E-state index in [0.717, 1.165) is 31.2 Å². The molecule has 21 heteroatoms. The van der Waals surface area contributed by atoms with Crippen molar-refractivity contribution < 1.29 is 86.4 Å². The van der Waals surface area contributed by atoms with Crippen LogP contribution in [0.25, 0.3) is 0 Å². The Morgan fingerprint density at radius 1 is 0.633 bits per heavy atom. The Bertz CT molecular complexity index is 1450. The summed E-state index contributed by atoms with van der Waals surface area (Å²) in [4.78, 5) is 66.0. The Morgan fingerprint density at radius 2 is 1.15 bits per heavy atom. The van der Waals surface area contributed by atoms with Crippen LogP contribution in [-0.2, 0) is 53.1 Å². The van der Waals surface area contributed by atoms with E-state index in [-0.39, 0.29) is 26.0 Å². The van der Waals surface area contributed by atoms with E-state index in [1.807, 2.05) is 30.3 Å². The van der Waals surface area contributed by atoms with E-state index in [1.165, 1.54) is 51.4 Å². The quantitative estimate of drug-likeness (QED) is 0.0208. The maximum atomic E-state index is 12.9. The van der Waals surface area contributed by atoms with Crippen LogP contribution >= 0.6 is 15.6 Å². The third-order valence-electron chi connectivity index (χ3n) is 9.74. The monoisotopic (exact) mass is 899 g/mol. The van der Waals surface area contributed by atoms with Crippen LogP contribution in [0.4, 0.5) is 4.79 Å². The summed E-state index contributed by atoms with van der Waals surface area (Å²) in [5, 5.41) is 43.7. The Balaban J connectivity index is 1.85. The fraction of sp³-hybridized carbons (Fsp3) is 0.769. The van der Waals surface area contributed by atoms with Crippen molar-refractivity contribution in [1.82, 2.24) is 5.32 Å². The molecule has 346 valence electrons. The molecule has 2 rings (SSSR count). The molecule has 0 spiro atoms. The van der Waals surface area contributed by atoms with Gasteiger partial charge in [0.25, 0.3) is 0 Å². The van der Waals surface area contributed by atoms with E-state index < -0.39 is 89.6 Å². The van der Waals surface area contributed by atoms with Crippen molar-refractivity contribution in [3.8, 4) is 0 Å². The van der Waals surface area contributed by atoms with Gasteiger partial charge in [0.1, 0.15) is 49.8 Å². The molecule has 0 heterocycles. The van der Waals surface area contributed by atoms with Crippen molar-refractivity contribution in [2.45, 2.75) is 172 Å². The molecule has 60 heavy (non-hydrogen) atoms. The molecule has 1 aliphatic carbocycles. The molecule has 1 unspecified atom stereocenters. The zero-order chi connectivity index (χ0) is 44.4. The van der Waals surface area contributed by atoms with Crippen molar-refractivity contribution in [2.24, 2.45) is 0 Å². The minimum atomic E-state index is -5.38. The van der Waals surface area contributed by atoms with Crippen LogP contribution in [0.1, 0.15) is 128 Å². The largest absolute Gasteiger partial charge is 0.472 e. The summed E-state index contributed by atoms with van der Waals surface area (Å²) < 4.78 is 54.2. The molecule has 1 aliphatic rings. The number of alkyl carbamates (subject to hydrolysis) is 1. The number of unbranched alkanes of at least 4 members (excludes halogenated alkanes) is 14. The summed E-state index contributed by atoms with van der Waals surface area (Å²) >= 11 is 0. The number of ether oxygens (including phenoxy) is 3. The van der Waals surface area contributed by atoms with Gasteiger partial charge < -0.3 is 54.6 Å². The van der Waals surface area contributed by atoms with Gasteiger partial charge in [-0.15, -0.1) is 0 Å². The minimum absolute atomic E-state index is 0.0816. The molecule has 19 nitrogen and oxygen atoms in total. The number of phosphoric ester groups is 2. The van der Waals surface area contributed by atoms with Gasteiger partial charge in [0.05, 0.1) is 6.61 Å². The maximum Gasteiger partial charge on any atom is 0.472 e. The first-order valence-electron chi connectivity index (χ1n) is 20.9. The number of hydrogen-bond acceptors (Lipinski definition) is 15. The van der Waals surface area contributed by atoms with Gasteiger partial charge in [0.2, 0.25) is 0 Å². The molecule has 1 aromatic rings. The summed E-state index contributed by atoms with van der Waals surface area (Å²) in [6, 6.07) is 9.14. The van der Waals surface area contributed by atoms with Crippen LogP contribution in [0, 0.1) is 0 Å². The molecule has 0 bridgehead atoms. The number of nitrogens with one attached hydrogen (secondary N) is 1. The summed E-state index contributed by atoms with van der Waals surface area (Å²) in [6.45, 7) is 1.13. The fourth-order valence-electron chi connectivity index (χ4n) is 6.39. The number of phosphoric acid groups is 2. The first-order chi connectivity index (χ1) is 28.5. The number of rotatable bonds is 32. The second kappa shape index (κ2) is 29.7. The van der Waals surface area contributed by atoms with Gasteiger partial charge in [-0.25, -0.2) is 13.9 Å². The molecule has 1 fully saturated rings. The molecule has 8 atom stereocenters. The highest BCUT2D eigenvalue weighted by Crippen LogP contribution is 2.49. The topological polar surface area (TPSA) is 294 Å². The van der Waals surface area contributed by atoms with E-state index in [1.54, 1.807) is 0 Å². The SMILES string of the molecule is CCCCCCCCCCCCCCCC(=O)OC[C@H](COP(=O)(O)O[C@H]1[C@@H](O)[C@@H](OP(=O)(O)O)[C@H](O)[C@H](O)[C@H]1O)OC(=O)CCCCCNC(=O)OCc1ccccc1. The lowest BCUT2D eigenvalue weighted by Gasteiger charge is -2.43. The maximum absolute atomic E-state index is 12.9. The van der Waals surface area contributed by atoms with Gasteiger partial charge in [0, 0.05) is 19.4 Å². The summed E-state index contributed by atoms with van der Waals surface area (Å²) in [7, 11) is -10.7. The second-order valence-corrected chi connectivity index (χ2v) is 17.5. The van der Waals surface area contributed by atoms with Crippen LogP contribution < -0.4 is 5.32 Å². The average molecular weight is 900 g/mol. The lowest BCUT2D eigenvalue weighted by atomic mass is 9.85. The van der Waals surface area contributed by atoms with Crippen LogP contribution in [0.2, 0.25) is 0 Å². The van der Waals surface area contributed by atoms with Crippen molar-refractivity contribution in [2.75, 3.05) is 19.8 Å². The van der Waals surface area contributed by atoms with Crippen LogP contribution in [0.3, 0.4) is 0 Å². The standard InChI is InChI=1S/C39H67NO18P2/c1-2-3-4-5-6-7-8-9-10-11-12-13-18-23-31(41)53-27-30(56-32(42)24-19-15-20-25-40-39(47)54-26-29-21-16-14-17-22-29)28-55-60(51,52)58-38-35(45)33(43)34(44)37(36(38)46)57-59(48,49)50/h14,16-17,21-22,30,33-38,43-46H,2-13,15,18-20,23-28H2,1H3,(H,40,47)(H,51,52)(H2,48,49,50)/t30-,33+,34-,35-,36+,37+,38-/m1/s1. The van der Waals surface area contributed by atoms with Crippen molar-refractivity contribution in [3.05, 3.63) is 35.9 Å². The number of aliphatic hydroxyl groups is 4. The molecule has 0 aromatic heterocycles. The predicted molar refractivity (Wildman–Crippen MR) is 216 cm³/mol. The lowest BCUT2D eigenvalue weighted by molar-refractivity contribution is -0.216. The number of amides is 1. The average Bonchev–Trinajstić information content (AvgIpc) is 3.20. The van der Waals surface area contributed by atoms with Crippen molar-refractivity contribution >= 4 is 33.7 Å². The van der Waals surface area contributed by atoms with Crippen LogP contribution in [0.5, 0.6) is 0 Å². The Kier molecular flexibility index (Phi) is 26.6. The highest BCUT2D eigenvalue weighted by molar-refractivity contribution is 7.47. The Hall–Kier alpha value is -2.51. The molecule has 1 amide bonds. The van der Waals surface area contributed by atoms with E-state index in [2.05, 4.69) is 16.8 Å². The highest BCUT2D eigenvalue weighted by Gasteiger charge is 2.54. The number of carbonyl (C=O) groups excluding carboxylic acids is 3. The Labute approximate surface area is 352 Å². The molecule has 1 aromatic carbocycles. The van der Waals surface area contributed by atoms with E-state index in [9.17, 15) is 48.8 Å². The minimum Gasteiger partial charge on any atom is -0.462 e. The first-order valence-corrected chi connectivity index (χ1v) is 24.0. The van der Waals surface area contributed by atoms with Gasteiger partial charge in [-0.1, -0.05) is 121 Å². The Morgan fingerprint density at radius 3 is 1.72 bits per heavy atom. The third kappa shape index (κ3) is 23.6. The van der Waals surface area contributed by atoms with E-state index in [0.29, 0.717) is 25.7 Å². The summed E-state index contributed by atoms with van der Waals surface area (Å²) in [6.07, 6.45) is 0.268. The second-order valence-electron chi connectivity index (χ2n) is 14.9. The molecule has 0 aliphatic heterocycles. The molecule has 0 saturated heterocycles. The van der Waals surface area contributed by atoms with Crippen LogP contribution in [0.15, 0.2) is 30.3 Å². The third-order valence-corrected chi connectivity index (χ3v) is 11.2. The zero-order valence-electron chi connectivity index (χ0n) is 34.5. The number of hydrogen-bond donors (Lipinski definition) is 8. The highest BCUT2D eigenvalue weighted by atomic mass is 31.2.